The minimum Gasteiger partial charge on any atom is -0.329 e. The highest BCUT2D eigenvalue weighted by molar-refractivity contribution is 7.99. The van der Waals surface area contributed by atoms with Crippen LogP contribution in [0.2, 0.25) is 0 Å². The van der Waals surface area contributed by atoms with Crippen LogP contribution in [-0.4, -0.2) is 21.2 Å². The summed E-state index contributed by atoms with van der Waals surface area (Å²) in [6.07, 6.45) is 5.78. The highest BCUT2D eigenvalue weighted by atomic mass is 32.2. The number of aryl methyl sites for hydroxylation is 2. The Labute approximate surface area is 166 Å². The molecular formula is C20H18N4OS2. The van der Waals surface area contributed by atoms with Crippen LogP contribution in [-0.2, 0) is 24.7 Å². The van der Waals surface area contributed by atoms with Crippen LogP contribution in [0.1, 0.15) is 23.1 Å². The van der Waals surface area contributed by atoms with E-state index in [4.69, 9.17) is 0 Å². The predicted octanol–water partition coefficient (Wildman–Crippen LogP) is 4.24. The number of thioether (sulfide) groups is 1. The van der Waals surface area contributed by atoms with E-state index < -0.39 is 0 Å². The van der Waals surface area contributed by atoms with Crippen LogP contribution in [0.5, 0.6) is 0 Å². The summed E-state index contributed by atoms with van der Waals surface area (Å²) in [5.74, 6) is 0.576. The van der Waals surface area contributed by atoms with E-state index in [1.165, 1.54) is 22.5 Å². The second-order valence-electron chi connectivity index (χ2n) is 6.35. The number of imidazole rings is 1. The number of carbonyl (C=O) groups excluding carboxylic acids is 1. The topological polar surface area (TPSA) is 70.7 Å². The van der Waals surface area contributed by atoms with Crippen LogP contribution in [0.15, 0.2) is 41.8 Å². The Morgan fingerprint density at radius 3 is 3.04 bits per heavy atom. The molecule has 0 aliphatic heterocycles. The monoisotopic (exact) mass is 394 g/mol. The SMILES string of the molecule is Cn1ccnc1SCCC(=O)Nc1sc2c(c1C#N)CCc1ccccc1-2. The Morgan fingerprint density at radius 2 is 2.26 bits per heavy atom. The third kappa shape index (κ3) is 3.51. The Balaban J connectivity index is 1.48. The third-order valence-corrected chi connectivity index (χ3v) is 6.86. The fourth-order valence-electron chi connectivity index (χ4n) is 3.26. The average molecular weight is 395 g/mol. The molecule has 1 N–H and O–H groups in total. The molecule has 0 fully saturated rings. The summed E-state index contributed by atoms with van der Waals surface area (Å²) < 4.78 is 1.93. The van der Waals surface area contributed by atoms with Crippen molar-refractivity contribution in [3.8, 4) is 16.5 Å². The first kappa shape index (κ1) is 17.8. The van der Waals surface area contributed by atoms with Crippen molar-refractivity contribution in [1.82, 2.24) is 9.55 Å². The lowest BCUT2D eigenvalue weighted by molar-refractivity contribution is -0.115. The highest BCUT2D eigenvalue weighted by Gasteiger charge is 2.25. The van der Waals surface area contributed by atoms with E-state index in [1.54, 1.807) is 18.0 Å². The number of hydrogen-bond acceptors (Lipinski definition) is 5. The van der Waals surface area contributed by atoms with Gasteiger partial charge in [-0.2, -0.15) is 5.26 Å². The van der Waals surface area contributed by atoms with Crippen LogP contribution in [0.25, 0.3) is 10.4 Å². The van der Waals surface area contributed by atoms with E-state index in [1.807, 2.05) is 29.9 Å². The molecule has 5 nitrogen and oxygen atoms in total. The Kier molecular flexibility index (Phi) is 5.01. The second-order valence-corrected chi connectivity index (χ2v) is 8.43. The summed E-state index contributed by atoms with van der Waals surface area (Å²) in [5.41, 5.74) is 4.18. The molecule has 7 heteroatoms. The normalized spacial score (nSPS) is 12.1. The number of nitriles is 1. The number of benzene rings is 1. The van der Waals surface area contributed by atoms with E-state index in [-0.39, 0.29) is 5.91 Å². The fraction of sp³-hybridized carbons (Fsp3) is 0.250. The number of rotatable bonds is 5. The molecular weight excluding hydrogens is 376 g/mol. The summed E-state index contributed by atoms with van der Waals surface area (Å²) in [6, 6.07) is 10.6. The molecule has 27 heavy (non-hydrogen) atoms. The van der Waals surface area contributed by atoms with Crippen molar-refractivity contribution in [3.63, 3.8) is 0 Å². The molecule has 0 radical (unpaired) electrons. The van der Waals surface area contributed by atoms with Crippen LogP contribution < -0.4 is 5.32 Å². The van der Waals surface area contributed by atoms with E-state index in [0.29, 0.717) is 22.7 Å². The first-order valence-corrected chi connectivity index (χ1v) is 10.5. The quantitative estimate of drug-likeness (QED) is 0.657. The molecule has 0 spiro atoms. The van der Waals surface area contributed by atoms with Gasteiger partial charge in [0.25, 0.3) is 0 Å². The summed E-state index contributed by atoms with van der Waals surface area (Å²) in [5, 5.41) is 14.2. The van der Waals surface area contributed by atoms with Crippen LogP contribution in [0.4, 0.5) is 5.00 Å². The molecule has 1 aromatic carbocycles. The second kappa shape index (κ2) is 7.59. The summed E-state index contributed by atoms with van der Waals surface area (Å²) >= 11 is 3.06. The number of thiophene rings is 1. The summed E-state index contributed by atoms with van der Waals surface area (Å²) in [7, 11) is 1.93. The van der Waals surface area contributed by atoms with Gasteiger partial charge in [-0.05, 0) is 29.5 Å². The molecule has 1 aliphatic rings. The van der Waals surface area contributed by atoms with E-state index in [9.17, 15) is 10.1 Å². The van der Waals surface area contributed by atoms with Crippen LogP contribution in [0, 0.1) is 11.3 Å². The minimum absolute atomic E-state index is 0.0694. The molecule has 4 rings (SSSR count). The van der Waals surface area contributed by atoms with Crippen molar-refractivity contribution < 1.29 is 4.79 Å². The number of nitrogens with one attached hydrogen (secondary N) is 1. The molecule has 2 heterocycles. The average Bonchev–Trinajstić information content (AvgIpc) is 3.24. The number of hydrogen-bond donors (Lipinski definition) is 1. The number of fused-ring (bicyclic) bond motifs is 3. The van der Waals surface area contributed by atoms with Gasteiger partial charge in [0, 0.05) is 36.5 Å². The maximum absolute atomic E-state index is 12.4. The van der Waals surface area contributed by atoms with E-state index in [0.717, 1.165) is 28.4 Å². The molecule has 3 aromatic rings. The Bertz CT molecular complexity index is 1040. The minimum atomic E-state index is -0.0694. The number of aromatic nitrogens is 2. The van der Waals surface area contributed by atoms with E-state index >= 15 is 0 Å². The summed E-state index contributed by atoms with van der Waals surface area (Å²) in [4.78, 5) is 17.8. The maximum Gasteiger partial charge on any atom is 0.225 e. The van der Waals surface area contributed by atoms with Gasteiger partial charge in [-0.1, -0.05) is 36.0 Å². The van der Waals surface area contributed by atoms with Gasteiger partial charge < -0.3 is 9.88 Å². The van der Waals surface area contributed by atoms with E-state index in [2.05, 4.69) is 28.5 Å². The van der Waals surface area contributed by atoms with Crippen molar-refractivity contribution in [1.29, 1.82) is 5.26 Å². The number of anilines is 1. The number of amides is 1. The van der Waals surface area contributed by atoms with Crippen molar-refractivity contribution in [2.45, 2.75) is 24.4 Å². The standard InChI is InChI=1S/C20H18N4OS2/c1-24-10-9-22-20(24)26-11-8-17(25)23-19-16(12-21)15-7-6-13-4-2-3-5-14(13)18(15)27-19/h2-5,9-10H,6-8,11H2,1H3,(H,23,25). The van der Waals surface area contributed by atoms with Gasteiger partial charge >= 0.3 is 0 Å². The zero-order chi connectivity index (χ0) is 18.8. The smallest absolute Gasteiger partial charge is 0.225 e. The highest BCUT2D eigenvalue weighted by Crippen LogP contribution is 2.44. The Hall–Kier alpha value is -2.56. The fourth-order valence-corrected chi connectivity index (χ4v) is 5.41. The molecule has 1 amide bonds. The van der Waals surface area contributed by atoms with Gasteiger partial charge in [0.1, 0.15) is 11.1 Å². The van der Waals surface area contributed by atoms with Crippen LogP contribution >= 0.6 is 23.1 Å². The molecule has 0 bridgehead atoms. The lowest BCUT2D eigenvalue weighted by atomic mass is 9.90. The van der Waals surface area contributed by atoms with Gasteiger partial charge in [-0.25, -0.2) is 4.98 Å². The lowest BCUT2D eigenvalue weighted by Gasteiger charge is -2.15. The van der Waals surface area contributed by atoms with Gasteiger partial charge in [0.15, 0.2) is 5.16 Å². The summed E-state index contributed by atoms with van der Waals surface area (Å²) in [6.45, 7) is 0. The van der Waals surface area contributed by atoms with Crippen molar-refractivity contribution in [3.05, 3.63) is 53.3 Å². The van der Waals surface area contributed by atoms with Gasteiger partial charge in [0.2, 0.25) is 5.91 Å². The molecule has 1 aliphatic carbocycles. The zero-order valence-corrected chi connectivity index (χ0v) is 16.5. The first-order chi connectivity index (χ1) is 13.2. The van der Waals surface area contributed by atoms with Crippen molar-refractivity contribution >= 4 is 34.0 Å². The van der Waals surface area contributed by atoms with Gasteiger partial charge in [0.05, 0.1) is 5.56 Å². The zero-order valence-electron chi connectivity index (χ0n) is 14.9. The maximum atomic E-state index is 12.4. The molecule has 0 saturated carbocycles. The molecule has 0 unspecified atom stereocenters. The molecule has 2 aromatic heterocycles. The lowest BCUT2D eigenvalue weighted by Crippen LogP contribution is -2.12. The molecule has 0 saturated heterocycles. The largest absolute Gasteiger partial charge is 0.329 e. The number of carbonyl (C=O) groups is 1. The predicted molar refractivity (Wildman–Crippen MR) is 109 cm³/mol. The molecule has 136 valence electrons. The third-order valence-electron chi connectivity index (χ3n) is 4.62. The molecule has 0 atom stereocenters. The van der Waals surface area contributed by atoms with Crippen molar-refractivity contribution in [2.24, 2.45) is 7.05 Å². The van der Waals surface area contributed by atoms with Crippen LogP contribution in [0.3, 0.4) is 0 Å². The van der Waals surface area contributed by atoms with Gasteiger partial charge in [-0.15, -0.1) is 11.3 Å². The first-order valence-electron chi connectivity index (χ1n) is 8.71. The number of nitrogens with zero attached hydrogens (tertiary/aromatic N) is 3. The Morgan fingerprint density at radius 1 is 1.41 bits per heavy atom. The van der Waals surface area contributed by atoms with Gasteiger partial charge in [-0.3, -0.25) is 4.79 Å². The van der Waals surface area contributed by atoms with Crippen molar-refractivity contribution in [2.75, 3.05) is 11.1 Å².